The fourth-order valence-corrected chi connectivity index (χ4v) is 0.960. The third-order valence-electron chi connectivity index (χ3n) is 1.64. The highest BCUT2D eigenvalue weighted by Crippen LogP contribution is 2.14. The molecule has 0 amide bonds. The van der Waals surface area contributed by atoms with Crippen LogP contribution in [0.3, 0.4) is 0 Å². The number of ketones is 1. The molecule has 0 radical (unpaired) electrons. The Morgan fingerprint density at radius 2 is 2.00 bits per heavy atom. The van der Waals surface area contributed by atoms with Crippen LogP contribution in [0.2, 0.25) is 0 Å². The second-order valence-corrected chi connectivity index (χ2v) is 2.51. The van der Waals surface area contributed by atoms with Gasteiger partial charge in [-0.1, -0.05) is 20.8 Å². The fraction of sp³-hybridized carbons (Fsp3) is 0.364. The lowest BCUT2D eigenvalue weighted by Crippen LogP contribution is -2.02. The monoisotopic (exact) mass is 197 g/mol. The average molecular weight is 197 g/mol. The number of rotatable bonds is 2. The Labute approximate surface area is 83.9 Å². The number of halogens is 1. The normalized spacial score (nSPS) is 8.86. The van der Waals surface area contributed by atoms with Crippen LogP contribution in [-0.4, -0.2) is 5.78 Å². The maximum absolute atomic E-state index is 12.6. The average Bonchev–Trinajstić information content (AvgIpc) is 2.23. The lowest BCUT2D eigenvalue weighted by Gasteiger charge is -2.01. The van der Waals surface area contributed by atoms with Crippen molar-refractivity contribution in [2.45, 2.75) is 27.2 Å². The Hall–Kier alpha value is -1.38. The van der Waals surface area contributed by atoms with Crippen LogP contribution in [0.15, 0.2) is 18.2 Å². The van der Waals surface area contributed by atoms with Crippen LogP contribution >= 0.6 is 0 Å². The van der Waals surface area contributed by atoms with Gasteiger partial charge in [-0.25, -0.2) is 4.39 Å². The van der Waals surface area contributed by atoms with Crippen molar-refractivity contribution in [3.63, 3.8) is 0 Å². The number of nitrogen functional groups attached to an aromatic ring is 1. The lowest BCUT2D eigenvalue weighted by molar-refractivity contribution is 0.0988. The molecule has 0 aromatic heterocycles. The standard InChI is InChI=1S/C9H10FNO.C2H6/c1-2-9(12)7-5-6(10)3-4-8(7)11;1-2/h3-5H,2,11H2,1H3;1-2H3. The number of anilines is 1. The van der Waals surface area contributed by atoms with E-state index in [-0.39, 0.29) is 11.3 Å². The molecule has 0 heterocycles. The Bertz CT molecular complexity index is 310. The number of hydrogen-bond donors (Lipinski definition) is 1. The van der Waals surface area contributed by atoms with Crippen molar-refractivity contribution in [2.24, 2.45) is 0 Å². The summed E-state index contributed by atoms with van der Waals surface area (Å²) in [4.78, 5) is 11.1. The summed E-state index contributed by atoms with van der Waals surface area (Å²) in [6.45, 7) is 5.71. The Morgan fingerprint density at radius 3 is 2.50 bits per heavy atom. The maximum Gasteiger partial charge on any atom is 0.164 e. The Balaban J connectivity index is 0.000000791. The zero-order valence-electron chi connectivity index (χ0n) is 8.80. The van der Waals surface area contributed by atoms with Gasteiger partial charge in [0.2, 0.25) is 0 Å². The first-order chi connectivity index (χ1) is 6.65. The first kappa shape index (κ1) is 12.6. The highest BCUT2D eigenvalue weighted by Gasteiger charge is 2.07. The second-order valence-electron chi connectivity index (χ2n) is 2.51. The van der Waals surface area contributed by atoms with Crippen molar-refractivity contribution in [2.75, 3.05) is 5.73 Å². The zero-order chi connectivity index (χ0) is 11.1. The SMILES string of the molecule is CC.CCC(=O)c1cc(F)ccc1N. The van der Waals surface area contributed by atoms with Gasteiger partial charge in [-0.3, -0.25) is 4.79 Å². The van der Waals surface area contributed by atoms with Crippen LogP contribution in [0.25, 0.3) is 0 Å². The van der Waals surface area contributed by atoms with E-state index in [1.165, 1.54) is 18.2 Å². The van der Waals surface area contributed by atoms with Crippen LogP contribution < -0.4 is 5.73 Å². The maximum atomic E-state index is 12.6. The molecule has 2 N–H and O–H groups in total. The van der Waals surface area contributed by atoms with E-state index >= 15 is 0 Å². The first-order valence-corrected chi connectivity index (χ1v) is 4.73. The number of carbonyl (C=O) groups excluding carboxylic acids is 1. The van der Waals surface area contributed by atoms with E-state index < -0.39 is 5.82 Å². The van der Waals surface area contributed by atoms with Gasteiger partial charge in [-0.05, 0) is 18.2 Å². The molecule has 78 valence electrons. The van der Waals surface area contributed by atoms with Crippen LogP contribution in [0.1, 0.15) is 37.6 Å². The summed E-state index contributed by atoms with van der Waals surface area (Å²) >= 11 is 0. The van der Waals surface area contributed by atoms with E-state index in [0.29, 0.717) is 12.1 Å². The summed E-state index contributed by atoms with van der Waals surface area (Å²) in [5.41, 5.74) is 6.09. The number of Topliss-reactive ketones (excluding diaryl/α,β-unsaturated/α-hetero) is 1. The number of benzene rings is 1. The molecule has 0 saturated heterocycles. The molecule has 1 aromatic carbocycles. The van der Waals surface area contributed by atoms with E-state index in [9.17, 15) is 9.18 Å². The zero-order valence-corrected chi connectivity index (χ0v) is 8.80. The highest BCUT2D eigenvalue weighted by atomic mass is 19.1. The molecule has 0 fully saturated rings. The van der Waals surface area contributed by atoms with Crippen LogP contribution in [-0.2, 0) is 0 Å². The van der Waals surface area contributed by atoms with Crippen LogP contribution in [0, 0.1) is 5.82 Å². The number of nitrogens with two attached hydrogens (primary N) is 1. The van der Waals surface area contributed by atoms with E-state index in [0.717, 1.165) is 0 Å². The van der Waals surface area contributed by atoms with E-state index in [4.69, 9.17) is 5.73 Å². The molecule has 1 rings (SSSR count). The molecule has 0 aliphatic carbocycles. The highest BCUT2D eigenvalue weighted by molar-refractivity contribution is 6.00. The van der Waals surface area contributed by atoms with Gasteiger partial charge in [0.25, 0.3) is 0 Å². The van der Waals surface area contributed by atoms with Crippen molar-refractivity contribution >= 4 is 11.5 Å². The van der Waals surface area contributed by atoms with Gasteiger partial charge in [0, 0.05) is 17.7 Å². The van der Waals surface area contributed by atoms with E-state index in [2.05, 4.69) is 0 Å². The van der Waals surface area contributed by atoms with Crippen molar-refractivity contribution in [3.05, 3.63) is 29.6 Å². The van der Waals surface area contributed by atoms with Crippen LogP contribution in [0.4, 0.5) is 10.1 Å². The van der Waals surface area contributed by atoms with Crippen LogP contribution in [0.5, 0.6) is 0 Å². The minimum Gasteiger partial charge on any atom is -0.398 e. The minimum atomic E-state index is -0.430. The Morgan fingerprint density at radius 1 is 1.43 bits per heavy atom. The molecular weight excluding hydrogens is 181 g/mol. The van der Waals surface area contributed by atoms with Gasteiger partial charge in [-0.15, -0.1) is 0 Å². The summed E-state index contributed by atoms with van der Waals surface area (Å²) in [7, 11) is 0. The molecular formula is C11H16FNO. The van der Waals surface area contributed by atoms with Gasteiger partial charge >= 0.3 is 0 Å². The lowest BCUT2D eigenvalue weighted by atomic mass is 10.1. The molecule has 0 atom stereocenters. The summed E-state index contributed by atoms with van der Waals surface area (Å²) in [5, 5.41) is 0. The quantitative estimate of drug-likeness (QED) is 0.585. The van der Waals surface area contributed by atoms with Gasteiger partial charge in [0.05, 0.1) is 0 Å². The van der Waals surface area contributed by atoms with Gasteiger partial charge in [-0.2, -0.15) is 0 Å². The number of carbonyl (C=O) groups is 1. The molecule has 1 aromatic rings. The summed E-state index contributed by atoms with van der Waals surface area (Å²) in [6, 6.07) is 3.81. The predicted octanol–water partition coefficient (Wildman–Crippen LogP) is 3.03. The smallest absolute Gasteiger partial charge is 0.164 e. The molecule has 0 spiro atoms. The third kappa shape index (κ3) is 3.17. The van der Waals surface area contributed by atoms with Gasteiger partial charge in [0.15, 0.2) is 5.78 Å². The van der Waals surface area contributed by atoms with Gasteiger partial charge < -0.3 is 5.73 Å². The molecule has 0 saturated carbocycles. The van der Waals surface area contributed by atoms with Crippen molar-refractivity contribution in [3.8, 4) is 0 Å². The summed E-state index contributed by atoms with van der Waals surface area (Å²) in [5.74, 6) is -0.562. The van der Waals surface area contributed by atoms with Crippen molar-refractivity contribution in [1.29, 1.82) is 0 Å². The first-order valence-electron chi connectivity index (χ1n) is 4.73. The molecule has 0 unspecified atom stereocenters. The molecule has 14 heavy (non-hydrogen) atoms. The summed E-state index contributed by atoms with van der Waals surface area (Å²) < 4.78 is 12.6. The molecule has 0 aliphatic heterocycles. The van der Waals surface area contributed by atoms with E-state index in [1.807, 2.05) is 13.8 Å². The molecule has 3 heteroatoms. The molecule has 0 aliphatic rings. The largest absolute Gasteiger partial charge is 0.398 e. The second kappa shape index (κ2) is 6.13. The Kier molecular flexibility index (Phi) is 5.53. The predicted molar refractivity (Wildman–Crippen MR) is 56.8 cm³/mol. The fourth-order valence-electron chi connectivity index (χ4n) is 0.960. The third-order valence-corrected chi connectivity index (χ3v) is 1.64. The summed E-state index contributed by atoms with van der Waals surface area (Å²) in [6.07, 6.45) is 0.341. The minimum absolute atomic E-state index is 0.132. The van der Waals surface area contributed by atoms with Crippen molar-refractivity contribution < 1.29 is 9.18 Å². The topological polar surface area (TPSA) is 43.1 Å². The van der Waals surface area contributed by atoms with Gasteiger partial charge in [0.1, 0.15) is 5.82 Å². The van der Waals surface area contributed by atoms with Crippen molar-refractivity contribution in [1.82, 2.24) is 0 Å². The number of hydrogen-bond acceptors (Lipinski definition) is 2. The molecule has 0 bridgehead atoms. The molecule has 2 nitrogen and oxygen atoms in total. The van der Waals surface area contributed by atoms with E-state index in [1.54, 1.807) is 6.92 Å².